The van der Waals surface area contributed by atoms with E-state index in [-0.39, 0.29) is 17.7 Å². The maximum atomic E-state index is 11.6. The zero-order valence-electron chi connectivity index (χ0n) is 15.7. The van der Waals surface area contributed by atoms with E-state index in [9.17, 15) is 14.4 Å². The smallest absolute Gasteiger partial charge is 0.226 e. The summed E-state index contributed by atoms with van der Waals surface area (Å²) in [6.45, 7) is 3.59. The number of carbonyl (C=O) groups is 3. The summed E-state index contributed by atoms with van der Waals surface area (Å²) in [5.41, 5.74) is 0. The summed E-state index contributed by atoms with van der Waals surface area (Å²) in [5, 5.41) is 7.87. The summed E-state index contributed by atoms with van der Waals surface area (Å²) in [7, 11) is 4.98. The molecule has 0 aliphatic carbocycles. The van der Waals surface area contributed by atoms with Crippen molar-refractivity contribution in [1.82, 2.24) is 15.9 Å². The second kappa shape index (κ2) is 17.3. The molecule has 0 unspecified atom stereocenters. The lowest BCUT2D eigenvalue weighted by Crippen LogP contribution is -2.25. The van der Waals surface area contributed by atoms with Crippen molar-refractivity contribution in [2.45, 2.75) is 84.0 Å². The lowest BCUT2D eigenvalue weighted by Gasteiger charge is -2.06. The lowest BCUT2D eigenvalue weighted by atomic mass is 10.1. The molecule has 0 fully saturated rings. The van der Waals surface area contributed by atoms with E-state index in [1.54, 1.807) is 0 Å². The average Bonchev–Trinajstić information content (AvgIpc) is 2.61. The Kier molecular flexibility index (Phi) is 16.2. The molecule has 0 saturated heterocycles. The van der Waals surface area contributed by atoms with Gasteiger partial charge in [0.05, 0.1) is 0 Å². The molecule has 7 heteroatoms. The third kappa shape index (κ3) is 17.1. The molecule has 0 aliphatic heterocycles. The first-order chi connectivity index (χ1) is 12.1. The van der Waals surface area contributed by atoms with Crippen LogP contribution >= 0.6 is 0 Å². The van der Waals surface area contributed by atoms with Crippen LogP contribution in [0.2, 0.25) is 0 Å². The first kappa shape index (κ1) is 23.5. The minimum absolute atomic E-state index is 0.0120. The standard InChI is InChI=1S/C18H34BN3O3/c1-2-3-4-9-14-20-16(23)11-6-5-10-15-21-17(24)12-7-8-13-18(25)22-19/h2-15H2,1H3,(H,20,23)(H,21,24)(H,22,25). The summed E-state index contributed by atoms with van der Waals surface area (Å²) in [6, 6.07) is 0. The molecule has 0 heterocycles. The van der Waals surface area contributed by atoms with Gasteiger partial charge in [-0.15, -0.1) is 0 Å². The van der Waals surface area contributed by atoms with Crippen molar-refractivity contribution in [2.75, 3.05) is 13.1 Å². The predicted molar refractivity (Wildman–Crippen MR) is 101 cm³/mol. The van der Waals surface area contributed by atoms with Crippen LogP contribution in [-0.4, -0.2) is 38.8 Å². The van der Waals surface area contributed by atoms with Gasteiger partial charge in [-0.25, -0.2) is 0 Å². The van der Waals surface area contributed by atoms with Crippen LogP contribution in [0, 0.1) is 0 Å². The third-order valence-electron chi connectivity index (χ3n) is 3.97. The summed E-state index contributed by atoms with van der Waals surface area (Å²) >= 11 is 0. The number of rotatable bonds is 16. The van der Waals surface area contributed by atoms with Gasteiger partial charge < -0.3 is 15.9 Å². The van der Waals surface area contributed by atoms with Gasteiger partial charge >= 0.3 is 0 Å². The number of unbranched alkanes of at least 4 members (excludes halogenated alkanes) is 6. The van der Waals surface area contributed by atoms with E-state index in [2.05, 4.69) is 22.8 Å². The summed E-state index contributed by atoms with van der Waals surface area (Å²) < 4.78 is 0. The normalized spacial score (nSPS) is 10.3. The van der Waals surface area contributed by atoms with Crippen LogP contribution in [0.3, 0.4) is 0 Å². The Balaban J connectivity index is 3.35. The second-order valence-electron chi connectivity index (χ2n) is 6.35. The summed E-state index contributed by atoms with van der Waals surface area (Å²) in [4.78, 5) is 34.1. The van der Waals surface area contributed by atoms with Gasteiger partial charge in [0, 0.05) is 32.4 Å². The molecule has 3 N–H and O–H groups in total. The number of nitrogens with one attached hydrogen (secondary N) is 3. The molecule has 6 nitrogen and oxygen atoms in total. The fourth-order valence-corrected chi connectivity index (χ4v) is 2.41. The highest BCUT2D eigenvalue weighted by Crippen LogP contribution is 2.02. The maximum absolute atomic E-state index is 11.6. The molecular weight excluding hydrogens is 317 g/mol. The molecule has 25 heavy (non-hydrogen) atoms. The van der Waals surface area contributed by atoms with Crippen LogP contribution in [0.4, 0.5) is 0 Å². The van der Waals surface area contributed by atoms with E-state index < -0.39 is 0 Å². The highest BCUT2D eigenvalue weighted by atomic mass is 16.2. The fourth-order valence-electron chi connectivity index (χ4n) is 2.41. The Bertz CT molecular complexity index is 379. The number of hydrogen-bond donors (Lipinski definition) is 3. The predicted octanol–water partition coefficient (Wildman–Crippen LogP) is 2.12. The molecule has 0 bridgehead atoms. The molecule has 0 spiro atoms. The van der Waals surface area contributed by atoms with Crippen LogP contribution in [-0.2, 0) is 14.4 Å². The van der Waals surface area contributed by atoms with E-state index in [0.717, 1.165) is 32.2 Å². The third-order valence-corrected chi connectivity index (χ3v) is 3.97. The summed E-state index contributed by atoms with van der Waals surface area (Å²) in [5.74, 6) is -0.0644. The van der Waals surface area contributed by atoms with Gasteiger partial charge in [0.15, 0.2) is 0 Å². The van der Waals surface area contributed by atoms with Gasteiger partial charge in [0.2, 0.25) is 25.7 Å². The molecule has 142 valence electrons. The monoisotopic (exact) mass is 351 g/mol. The molecule has 0 atom stereocenters. The molecule has 0 aromatic carbocycles. The Morgan fingerprint density at radius 2 is 1.08 bits per heavy atom. The molecule has 0 rings (SSSR count). The van der Waals surface area contributed by atoms with Crippen molar-refractivity contribution in [3.63, 3.8) is 0 Å². The zero-order chi connectivity index (χ0) is 18.8. The minimum atomic E-state index is -0.203. The Labute approximate surface area is 153 Å². The van der Waals surface area contributed by atoms with Crippen LogP contribution in [0.1, 0.15) is 84.0 Å². The van der Waals surface area contributed by atoms with Crippen molar-refractivity contribution >= 4 is 25.7 Å². The molecule has 3 amide bonds. The number of hydrogen-bond acceptors (Lipinski definition) is 3. The Hall–Kier alpha value is -1.53. The van der Waals surface area contributed by atoms with E-state index in [0.29, 0.717) is 38.6 Å². The molecule has 0 aliphatic rings. The van der Waals surface area contributed by atoms with Gasteiger partial charge in [0.1, 0.15) is 0 Å². The maximum Gasteiger partial charge on any atom is 0.226 e. The molecule has 0 aromatic heterocycles. The number of carbonyl (C=O) groups excluding carboxylic acids is 3. The van der Waals surface area contributed by atoms with E-state index in [1.807, 2.05) is 0 Å². The van der Waals surface area contributed by atoms with E-state index in [1.165, 1.54) is 19.3 Å². The lowest BCUT2D eigenvalue weighted by molar-refractivity contribution is -0.122. The van der Waals surface area contributed by atoms with Crippen molar-refractivity contribution in [3.05, 3.63) is 0 Å². The van der Waals surface area contributed by atoms with Gasteiger partial charge in [-0.3, -0.25) is 14.4 Å². The van der Waals surface area contributed by atoms with Crippen LogP contribution in [0.15, 0.2) is 0 Å². The van der Waals surface area contributed by atoms with Crippen LogP contribution in [0.25, 0.3) is 0 Å². The molecule has 0 saturated carbocycles. The SMILES string of the molecule is [B]NC(=O)CCCCC(=O)NCCCCCC(=O)NCCCCCC. The topological polar surface area (TPSA) is 87.3 Å². The van der Waals surface area contributed by atoms with Gasteiger partial charge in [-0.1, -0.05) is 32.6 Å². The highest BCUT2D eigenvalue weighted by molar-refractivity contribution is 6.14. The Morgan fingerprint density at radius 3 is 1.56 bits per heavy atom. The fraction of sp³-hybridized carbons (Fsp3) is 0.833. The zero-order valence-corrected chi connectivity index (χ0v) is 15.7. The largest absolute Gasteiger partial charge is 0.409 e. The highest BCUT2D eigenvalue weighted by Gasteiger charge is 2.03. The number of amides is 3. The van der Waals surface area contributed by atoms with Gasteiger partial charge in [0.25, 0.3) is 0 Å². The Morgan fingerprint density at radius 1 is 0.640 bits per heavy atom. The van der Waals surface area contributed by atoms with Gasteiger partial charge in [-0.05, 0) is 32.1 Å². The van der Waals surface area contributed by atoms with E-state index in [4.69, 9.17) is 7.98 Å². The average molecular weight is 351 g/mol. The second-order valence-corrected chi connectivity index (χ2v) is 6.35. The molecule has 0 aromatic rings. The quantitative estimate of drug-likeness (QED) is 0.294. The van der Waals surface area contributed by atoms with Crippen molar-refractivity contribution in [3.8, 4) is 0 Å². The molecule has 2 radical (unpaired) electrons. The van der Waals surface area contributed by atoms with Crippen LogP contribution < -0.4 is 15.9 Å². The van der Waals surface area contributed by atoms with Crippen LogP contribution in [0.5, 0.6) is 0 Å². The summed E-state index contributed by atoms with van der Waals surface area (Å²) in [6.07, 6.45) is 10.0. The van der Waals surface area contributed by atoms with Gasteiger partial charge in [-0.2, -0.15) is 0 Å². The first-order valence-electron chi connectivity index (χ1n) is 9.63. The first-order valence-corrected chi connectivity index (χ1v) is 9.63. The van der Waals surface area contributed by atoms with E-state index >= 15 is 0 Å². The van der Waals surface area contributed by atoms with Crippen molar-refractivity contribution < 1.29 is 14.4 Å². The molecular formula is C18H34BN3O3. The minimum Gasteiger partial charge on any atom is -0.409 e. The van der Waals surface area contributed by atoms with Crippen molar-refractivity contribution in [1.29, 1.82) is 0 Å². The van der Waals surface area contributed by atoms with Crippen molar-refractivity contribution in [2.24, 2.45) is 0 Å².